The lowest BCUT2D eigenvalue weighted by Gasteiger charge is -2.52. The maximum absolute atomic E-state index is 14.0. The number of fused-ring (bicyclic) bond motifs is 3. The number of anilines is 1. The molecule has 0 aromatic heterocycles. The molecule has 3 aliphatic rings. The van der Waals surface area contributed by atoms with Crippen LogP contribution in [0.2, 0.25) is 0 Å². The van der Waals surface area contributed by atoms with Gasteiger partial charge in [-0.15, -0.1) is 0 Å². The maximum Gasteiger partial charge on any atom is 0.235 e. The van der Waals surface area contributed by atoms with Gasteiger partial charge in [0.15, 0.2) is 34.7 Å². The van der Waals surface area contributed by atoms with E-state index in [9.17, 15) is 34.2 Å². The number of phenols is 1. The number of amides is 1. The van der Waals surface area contributed by atoms with E-state index in [0.717, 1.165) is 30.8 Å². The number of hydrogen-bond donors (Lipinski definition) is 3. The van der Waals surface area contributed by atoms with Gasteiger partial charge >= 0.3 is 0 Å². The van der Waals surface area contributed by atoms with Gasteiger partial charge in [-0.25, -0.2) is 0 Å². The lowest BCUT2D eigenvalue weighted by atomic mass is 9.52. The minimum Gasteiger partial charge on any atom is -0.507 e. The molecule has 0 spiro atoms. The first-order chi connectivity index (χ1) is 19.6. The molecule has 42 heavy (non-hydrogen) atoms. The number of rotatable bonds is 9. The maximum atomic E-state index is 14.0. The summed E-state index contributed by atoms with van der Waals surface area (Å²) in [5.41, 5.74) is 4.93. The Bertz CT molecular complexity index is 1320. The first kappa shape index (κ1) is 31.8. The zero-order valence-corrected chi connectivity index (χ0v) is 25.6. The summed E-state index contributed by atoms with van der Waals surface area (Å²) in [5, 5.41) is 22.9. The number of Topliss-reactive ketones (excluding diaryl/α,β-unsaturated/α-hetero) is 4. The summed E-state index contributed by atoms with van der Waals surface area (Å²) in [5.74, 6) is -9.84. The lowest BCUT2D eigenvalue weighted by Crippen LogP contribution is -2.74. The standard InChI is InChI=1S/C31H44N4O7/c1-8-35(10-9-15(2)3)14-17-13-20(36)22-18(24(17)33(4)5)11-16-12-19-25(34(6)7)27(38)23(30(32)41)29(40)31(19,42)28(39)21(16)26(22)37/h13,15-16,19,21,23,25,36,42H,8-12,14H2,1-7H3,(H2,32,41)/t16-,19-,21?,23?,25-,31-/m0/s1. The fraction of sp³-hybridized carbons (Fsp3) is 0.645. The highest BCUT2D eigenvalue weighted by Gasteiger charge is 2.69. The normalized spacial score (nSPS) is 29.2. The van der Waals surface area contributed by atoms with Crippen molar-refractivity contribution in [3.8, 4) is 5.75 Å². The first-order valence-corrected chi connectivity index (χ1v) is 14.7. The quantitative estimate of drug-likeness (QED) is 0.354. The number of primary amides is 1. The number of carbonyl (C=O) groups excluding carboxylic acids is 5. The third kappa shape index (κ3) is 4.95. The SMILES string of the molecule is CCN(CCC(C)C)Cc1cc(O)c2c(c1N(C)C)C[C@H]1C[C@H]3[C@H](N(C)C)C(=O)C(C(N)=O)C(=O)[C@@]3(O)C(=O)C1C2=O. The Balaban J connectivity index is 1.82. The Hall–Kier alpha value is -3.15. The second kappa shape index (κ2) is 11.5. The van der Waals surface area contributed by atoms with Crippen molar-refractivity contribution in [2.24, 2.45) is 35.3 Å². The van der Waals surface area contributed by atoms with Crippen LogP contribution in [0, 0.1) is 29.6 Å². The van der Waals surface area contributed by atoms with Crippen LogP contribution in [0.3, 0.4) is 0 Å². The minimum absolute atomic E-state index is 0.0132. The minimum atomic E-state index is -2.73. The van der Waals surface area contributed by atoms with E-state index in [0.29, 0.717) is 18.0 Å². The van der Waals surface area contributed by atoms with E-state index in [4.69, 9.17) is 5.73 Å². The fourth-order valence-corrected chi connectivity index (χ4v) is 7.44. The summed E-state index contributed by atoms with van der Waals surface area (Å²) >= 11 is 0. The molecule has 0 heterocycles. The monoisotopic (exact) mass is 584 g/mol. The van der Waals surface area contributed by atoms with Crippen LogP contribution in [-0.2, 0) is 32.1 Å². The molecular weight excluding hydrogens is 540 g/mol. The molecular formula is C31H44N4O7. The fourth-order valence-electron chi connectivity index (χ4n) is 7.44. The van der Waals surface area contributed by atoms with Crippen molar-refractivity contribution in [2.75, 3.05) is 46.2 Å². The van der Waals surface area contributed by atoms with Crippen LogP contribution in [0.25, 0.3) is 0 Å². The lowest BCUT2D eigenvalue weighted by molar-refractivity contribution is -0.181. The number of carbonyl (C=O) groups is 5. The number of phenolic OH excluding ortho intramolecular Hbond substituents is 1. The number of nitrogens with zero attached hydrogens (tertiary/aromatic N) is 3. The van der Waals surface area contributed by atoms with Crippen LogP contribution < -0.4 is 10.6 Å². The van der Waals surface area contributed by atoms with Gasteiger partial charge in [0.1, 0.15) is 5.75 Å². The number of hydrogen-bond acceptors (Lipinski definition) is 10. The second-order valence-corrected chi connectivity index (χ2v) is 13.0. The van der Waals surface area contributed by atoms with Crippen molar-refractivity contribution < 1.29 is 34.2 Å². The van der Waals surface area contributed by atoms with Crippen molar-refractivity contribution in [1.82, 2.24) is 9.80 Å². The van der Waals surface area contributed by atoms with Crippen molar-refractivity contribution in [2.45, 2.75) is 58.2 Å². The molecule has 0 bridgehead atoms. The summed E-state index contributed by atoms with van der Waals surface area (Å²) in [6.07, 6.45) is 1.27. The van der Waals surface area contributed by atoms with E-state index in [1.54, 1.807) is 20.2 Å². The van der Waals surface area contributed by atoms with E-state index in [2.05, 4.69) is 25.7 Å². The van der Waals surface area contributed by atoms with Gasteiger partial charge in [0, 0.05) is 32.2 Å². The summed E-state index contributed by atoms with van der Waals surface area (Å²) in [4.78, 5) is 72.6. The highest BCUT2D eigenvalue weighted by Crippen LogP contribution is 2.52. The molecule has 11 heteroatoms. The molecule has 2 saturated carbocycles. The van der Waals surface area contributed by atoms with E-state index in [-0.39, 0.29) is 24.2 Å². The Kier molecular flexibility index (Phi) is 8.70. The highest BCUT2D eigenvalue weighted by atomic mass is 16.3. The van der Waals surface area contributed by atoms with Gasteiger partial charge in [-0.05, 0) is 75.5 Å². The third-order valence-electron chi connectivity index (χ3n) is 9.42. The predicted molar refractivity (Wildman–Crippen MR) is 156 cm³/mol. The van der Waals surface area contributed by atoms with E-state index < -0.39 is 64.4 Å². The largest absolute Gasteiger partial charge is 0.507 e. The number of aliphatic hydroxyl groups is 1. The summed E-state index contributed by atoms with van der Waals surface area (Å²) in [6, 6.07) is 0.448. The molecule has 3 aliphatic carbocycles. The van der Waals surface area contributed by atoms with Crippen LogP contribution in [0.5, 0.6) is 5.75 Å². The van der Waals surface area contributed by atoms with Crippen LogP contribution >= 0.6 is 0 Å². The molecule has 11 nitrogen and oxygen atoms in total. The Morgan fingerprint density at radius 1 is 1.12 bits per heavy atom. The Labute approximate surface area is 247 Å². The smallest absolute Gasteiger partial charge is 0.235 e. The topological polar surface area (TPSA) is 162 Å². The van der Waals surface area contributed by atoms with Gasteiger partial charge in [0.2, 0.25) is 5.91 Å². The van der Waals surface area contributed by atoms with Gasteiger partial charge in [-0.2, -0.15) is 0 Å². The number of likely N-dealkylation sites (N-methyl/N-ethyl adjacent to an activating group) is 1. The van der Waals surface area contributed by atoms with Crippen LogP contribution in [0.1, 0.15) is 55.1 Å². The molecule has 6 atom stereocenters. The van der Waals surface area contributed by atoms with Crippen molar-refractivity contribution in [3.05, 3.63) is 22.8 Å². The van der Waals surface area contributed by atoms with E-state index in [1.165, 1.54) is 4.90 Å². The molecule has 2 unspecified atom stereocenters. The van der Waals surface area contributed by atoms with E-state index in [1.807, 2.05) is 19.0 Å². The zero-order valence-electron chi connectivity index (χ0n) is 25.6. The molecule has 2 fully saturated rings. The molecule has 0 saturated heterocycles. The van der Waals surface area contributed by atoms with Gasteiger partial charge in [-0.1, -0.05) is 20.8 Å². The Morgan fingerprint density at radius 2 is 1.76 bits per heavy atom. The van der Waals surface area contributed by atoms with Crippen molar-refractivity contribution in [3.63, 3.8) is 0 Å². The van der Waals surface area contributed by atoms with Gasteiger partial charge in [0.05, 0.1) is 17.5 Å². The molecule has 1 amide bonds. The highest BCUT2D eigenvalue weighted by molar-refractivity contribution is 6.32. The van der Waals surface area contributed by atoms with Gasteiger partial charge in [0.25, 0.3) is 0 Å². The van der Waals surface area contributed by atoms with Crippen LogP contribution in [0.15, 0.2) is 6.07 Å². The number of aromatic hydroxyl groups is 1. The molecule has 1 aromatic rings. The first-order valence-electron chi connectivity index (χ1n) is 14.7. The third-order valence-corrected chi connectivity index (χ3v) is 9.42. The molecule has 4 rings (SSSR count). The van der Waals surface area contributed by atoms with Crippen molar-refractivity contribution >= 4 is 34.7 Å². The number of ketones is 4. The van der Waals surface area contributed by atoms with Crippen LogP contribution in [0.4, 0.5) is 5.69 Å². The Morgan fingerprint density at radius 3 is 2.29 bits per heavy atom. The summed E-state index contributed by atoms with van der Waals surface area (Å²) in [6.45, 7) is 8.64. The second-order valence-electron chi connectivity index (χ2n) is 13.0. The molecule has 4 N–H and O–H groups in total. The molecule has 0 aliphatic heterocycles. The summed E-state index contributed by atoms with van der Waals surface area (Å²) < 4.78 is 0. The molecule has 1 aromatic carbocycles. The average molecular weight is 585 g/mol. The number of nitrogens with two attached hydrogens (primary N) is 1. The number of benzene rings is 1. The van der Waals surface area contributed by atoms with Gasteiger partial charge < -0.3 is 20.8 Å². The predicted octanol–water partition coefficient (Wildman–Crippen LogP) is 0.801. The molecule has 0 radical (unpaired) electrons. The molecule has 230 valence electrons. The van der Waals surface area contributed by atoms with Crippen LogP contribution in [-0.4, -0.2) is 102 Å². The zero-order chi connectivity index (χ0) is 31.4. The summed E-state index contributed by atoms with van der Waals surface area (Å²) in [7, 11) is 6.88. The van der Waals surface area contributed by atoms with E-state index >= 15 is 0 Å². The van der Waals surface area contributed by atoms with Gasteiger partial charge in [-0.3, -0.25) is 33.8 Å². The average Bonchev–Trinajstić information content (AvgIpc) is 2.87. The van der Waals surface area contributed by atoms with Crippen molar-refractivity contribution in [1.29, 1.82) is 0 Å².